The van der Waals surface area contributed by atoms with Crippen molar-refractivity contribution in [2.45, 2.75) is 44.9 Å². The summed E-state index contributed by atoms with van der Waals surface area (Å²) in [5, 5.41) is 11.1. The van der Waals surface area contributed by atoms with Crippen LogP contribution in [0.25, 0.3) is 0 Å². The van der Waals surface area contributed by atoms with Crippen molar-refractivity contribution in [3.63, 3.8) is 0 Å². The Morgan fingerprint density at radius 3 is 2.13 bits per heavy atom. The molecule has 30 heavy (non-hydrogen) atoms. The van der Waals surface area contributed by atoms with Crippen molar-refractivity contribution in [2.24, 2.45) is 23.2 Å². The molecular weight excluding hydrogens is 390 g/mol. The minimum Gasteiger partial charge on any atom is -0.465 e. The van der Waals surface area contributed by atoms with Gasteiger partial charge in [0.2, 0.25) is 5.91 Å². The molecule has 2 N–H and O–H groups in total. The second-order valence-electron chi connectivity index (χ2n) is 9.11. The Balaban J connectivity index is 1.40. The average Bonchev–Trinajstić information content (AvgIpc) is 2.69. The highest BCUT2D eigenvalue weighted by Crippen LogP contribution is 2.61. The van der Waals surface area contributed by atoms with Crippen molar-refractivity contribution in [3.8, 4) is 0 Å². The van der Waals surface area contributed by atoms with E-state index in [4.69, 9.17) is 0 Å². The summed E-state index contributed by atoms with van der Waals surface area (Å²) in [6.07, 6.45) is 7.46. The maximum absolute atomic E-state index is 12.6. The molecular formula is C21H25N3O6. The summed E-state index contributed by atoms with van der Waals surface area (Å²) in [5.41, 5.74) is 4.16. The first-order valence-corrected chi connectivity index (χ1v) is 10.2. The van der Waals surface area contributed by atoms with Gasteiger partial charge in [-0.05, 0) is 67.8 Å². The fraction of sp³-hybridized carbons (Fsp3) is 0.571. The molecule has 0 saturated heterocycles. The number of nitro benzene ring substituents is 1. The lowest BCUT2D eigenvalue weighted by atomic mass is 9.49. The lowest BCUT2D eigenvalue weighted by Crippen LogP contribution is -2.50. The van der Waals surface area contributed by atoms with E-state index in [1.807, 2.05) is 0 Å². The number of carbonyl (C=O) groups is 3. The quantitative estimate of drug-likeness (QED) is 0.432. The van der Waals surface area contributed by atoms with Gasteiger partial charge in [0.15, 0.2) is 0 Å². The molecule has 2 amide bonds. The molecule has 0 heterocycles. The number of esters is 1. The topological polar surface area (TPSA) is 128 Å². The van der Waals surface area contributed by atoms with Gasteiger partial charge in [-0.2, -0.15) is 0 Å². The predicted molar refractivity (Wildman–Crippen MR) is 105 cm³/mol. The molecule has 4 saturated carbocycles. The first-order valence-electron chi connectivity index (χ1n) is 10.2. The van der Waals surface area contributed by atoms with E-state index in [9.17, 15) is 24.5 Å². The van der Waals surface area contributed by atoms with Crippen molar-refractivity contribution < 1.29 is 24.0 Å². The molecule has 5 rings (SSSR count). The van der Waals surface area contributed by atoms with Gasteiger partial charge in [0, 0.05) is 24.1 Å². The molecule has 4 aliphatic carbocycles. The molecule has 0 aromatic heterocycles. The van der Waals surface area contributed by atoms with Gasteiger partial charge in [-0.1, -0.05) is 0 Å². The van der Waals surface area contributed by atoms with E-state index in [1.54, 1.807) is 0 Å². The SMILES string of the molecule is COC(=O)c1cc(C(=O)NNC(=O)CC23CC4CC(CC(C4)C2)C3)cc([N+](=O)[O-])c1. The van der Waals surface area contributed by atoms with Gasteiger partial charge in [-0.25, -0.2) is 4.79 Å². The van der Waals surface area contributed by atoms with Crippen LogP contribution in [0.4, 0.5) is 5.69 Å². The van der Waals surface area contributed by atoms with Gasteiger partial charge in [0.1, 0.15) is 0 Å². The van der Waals surface area contributed by atoms with Crippen LogP contribution in [-0.4, -0.2) is 29.8 Å². The van der Waals surface area contributed by atoms with E-state index in [2.05, 4.69) is 15.6 Å². The van der Waals surface area contributed by atoms with Crippen LogP contribution in [0.2, 0.25) is 0 Å². The lowest BCUT2D eigenvalue weighted by molar-refractivity contribution is -0.384. The molecule has 0 spiro atoms. The molecule has 160 valence electrons. The van der Waals surface area contributed by atoms with Gasteiger partial charge in [0.25, 0.3) is 11.6 Å². The number of hydrogen-bond acceptors (Lipinski definition) is 6. The van der Waals surface area contributed by atoms with Gasteiger partial charge < -0.3 is 4.74 Å². The smallest absolute Gasteiger partial charge is 0.338 e. The zero-order valence-electron chi connectivity index (χ0n) is 16.8. The number of nitro groups is 1. The number of rotatable bonds is 5. The first kappa shape index (κ1) is 20.3. The van der Waals surface area contributed by atoms with E-state index >= 15 is 0 Å². The Labute approximate surface area is 173 Å². The van der Waals surface area contributed by atoms with Crippen LogP contribution in [0.3, 0.4) is 0 Å². The molecule has 9 heteroatoms. The summed E-state index contributed by atoms with van der Waals surface area (Å²) >= 11 is 0. The number of benzene rings is 1. The lowest BCUT2D eigenvalue weighted by Gasteiger charge is -2.56. The second-order valence-corrected chi connectivity index (χ2v) is 9.11. The Morgan fingerprint density at radius 1 is 1.03 bits per heavy atom. The van der Waals surface area contributed by atoms with E-state index < -0.39 is 22.5 Å². The van der Waals surface area contributed by atoms with Crippen molar-refractivity contribution in [2.75, 3.05) is 7.11 Å². The second kappa shape index (κ2) is 7.70. The van der Waals surface area contributed by atoms with Gasteiger partial charge in [0.05, 0.1) is 17.6 Å². The standard InChI is InChI=1S/C21H25N3O6/c1-30-20(27)16-5-15(6-17(7-16)24(28)29)19(26)23-22-18(25)11-21-8-12-2-13(9-21)4-14(3-12)10-21/h5-7,12-14H,2-4,8-11H2,1H3,(H,22,25)(H,23,26). The average molecular weight is 415 g/mol. The van der Waals surface area contributed by atoms with Crippen LogP contribution in [0.5, 0.6) is 0 Å². The summed E-state index contributed by atoms with van der Waals surface area (Å²) in [6, 6.07) is 3.28. The predicted octanol–water partition coefficient (Wildman–Crippen LogP) is 2.75. The number of hydrazine groups is 1. The van der Waals surface area contributed by atoms with Crippen molar-refractivity contribution in [3.05, 3.63) is 39.4 Å². The fourth-order valence-electron chi connectivity index (χ4n) is 6.17. The fourth-order valence-corrected chi connectivity index (χ4v) is 6.17. The first-order chi connectivity index (χ1) is 14.3. The molecule has 1 aromatic carbocycles. The minimum atomic E-state index is -0.793. The van der Waals surface area contributed by atoms with E-state index in [-0.39, 0.29) is 22.4 Å². The third-order valence-corrected chi connectivity index (χ3v) is 6.83. The van der Waals surface area contributed by atoms with Crippen LogP contribution in [0.1, 0.15) is 65.7 Å². The van der Waals surface area contributed by atoms with E-state index in [0.29, 0.717) is 6.42 Å². The highest BCUT2D eigenvalue weighted by molar-refractivity contribution is 5.99. The molecule has 9 nitrogen and oxygen atoms in total. The Hall–Kier alpha value is -2.97. The minimum absolute atomic E-state index is 0.0349. The van der Waals surface area contributed by atoms with Crippen LogP contribution in [0, 0.1) is 33.3 Å². The number of carbonyl (C=O) groups excluding carboxylic acids is 3. The Bertz CT molecular complexity index is 877. The number of amides is 2. The summed E-state index contributed by atoms with van der Waals surface area (Å²) < 4.78 is 4.58. The molecule has 0 atom stereocenters. The van der Waals surface area contributed by atoms with Gasteiger partial charge in [-0.3, -0.25) is 30.6 Å². The van der Waals surface area contributed by atoms with Gasteiger partial charge in [-0.15, -0.1) is 0 Å². The Kier molecular flexibility index (Phi) is 5.21. The van der Waals surface area contributed by atoms with E-state index in [1.165, 1.54) is 25.3 Å². The van der Waals surface area contributed by atoms with Crippen molar-refractivity contribution in [1.29, 1.82) is 0 Å². The summed E-state index contributed by atoms with van der Waals surface area (Å²) in [5.74, 6) is 0.381. The molecule has 0 unspecified atom stereocenters. The summed E-state index contributed by atoms with van der Waals surface area (Å²) in [7, 11) is 1.14. The molecule has 4 bridgehead atoms. The largest absolute Gasteiger partial charge is 0.465 e. The van der Waals surface area contributed by atoms with Crippen molar-refractivity contribution in [1.82, 2.24) is 10.9 Å². The highest BCUT2D eigenvalue weighted by Gasteiger charge is 2.51. The molecule has 1 aromatic rings. The van der Waals surface area contributed by atoms with Gasteiger partial charge >= 0.3 is 5.97 Å². The Morgan fingerprint density at radius 2 is 1.60 bits per heavy atom. The van der Waals surface area contributed by atoms with Crippen LogP contribution >= 0.6 is 0 Å². The molecule has 4 aliphatic rings. The molecule has 4 fully saturated rings. The number of nitrogens with one attached hydrogen (secondary N) is 2. The number of nitrogens with zero attached hydrogens (tertiary/aromatic N) is 1. The normalized spacial score (nSPS) is 28.6. The maximum Gasteiger partial charge on any atom is 0.338 e. The van der Waals surface area contributed by atoms with Crippen LogP contribution in [0.15, 0.2) is 18.2 Å². The molecule has 0 aliphatic heterocycles. The number of hydrogen-bond donors (Lipinski definition) is 2. The third kappa shape index (κ3) is 4.01. The monoisotopic (exact) mass is 415 g/mol. The van der Waals surface area contributed by atoms with Crippen LogP contribution in [-0.2, 0) is 9.53 Å². The third-order valence-electron chi connectivity index (χ3n) is 6.83. The molecule has 0 radical (unpaired) electrons. The summed E-state index contributed by atoms with van der Waals surface area (Å²) in [6.45, 7) is 0. The zero-order valence-corrected chi connectivity index (χ0v) is 16.8. The maximum atomic E-state index is 12.6. The van der Waals surface area contributed by atoms with Crippen molar-refractivity contribution >= 4 is 23.5 Å². The number of methoxy groups -OCH3 is 1. The highest BCUT2D eigenvalue weighted by atomic mass is 16.6. The number of non-ortho nitro benzene ring substituents is 1. The van der Waals surface area contributed by atoms with Crippen LogP contribution < -0.4 is 10.9 Å². The zero-order chi connectivity index (χ0) is 21.5. The van der Waals surface area contributed by atoms with E-state index in [0.717, 1.165) is 56.3 Å². The number of ether oxygens (including phenoxy) is 1. The summed E-state index contributed by atoms with van der Waals surface area (Å²) in [4.78, 5) is 47.1.